The average molecular weight is 319 g/mol. The normalized spacial score (nSPS) is 13.0. The molecule has 1 heterocycles. The molecule has 122 valence electrons. The summed E-state index contributed by atoms with van der Waals surface area (Å²) in [7, 11) is 0. The SMILES string of the molecule is Cc1cc(C(=O)N[C@H](CC(C)C)C(=O)O)nc(C(F)(F)F)n1. The Kier molecular flexibility index (Phi) is 5.45. The number of carboxylic acid groups (broad SMARTS) is 1. The third-order valence-corrected chi connectivity index (χ3v) is 2.65. The van der Waals surface area contributed by atoms with Crippen molar-refractivity contribution < 1.29 is 27.9 Å². The van der Waals surface area contributed by atoms with Gasteiger partial charge in [0.1, 0.15) is 11.7 Å². The predicted octanol–water partition coefficient (Wildman–Crippen LogP) is 2.03. The van der Waals surface area contributed by atoms with Crippen LogP contribution in [0.3, 0.4) is 0 Å². The summed E-state index contributed by atoms with van der Waals surface area (Å²) in [6.45, 7) is 4.81. The van der Waals surface area contributed by atoms with Crippen molar-refractivity contribution in [2.24, 2.45) is 5.92 Å². The van der Waals surface area contributed by atoms with Gasteiger partial charge in [-0.25, -0.2) is 14.8 Å². The van der Waals surface area contributed by atoms with E-state index in [4.69, 9.17) is 5.11 Å². The molecule has 1 amide bonds. The zero-order valence-electron chi connectivity index (χ0n) is 12.2. The molecule has 1 atom stereocenters. The maximum Gasteiger partial charge on any atom is 0.451 e. The quantitative estimate of drug-likeness (QED) is 0.866. The second-order valence-electron chi connectivity index (χ2n) is 5.21. The molecule has 22 heavy (non-hydrogen) atoms. The van der Waals surface area contributed by atoms with Crippen LogP contribution in [-0.4, -0.2) is 33.0 Å². The number of aliphatic carboxylic acids is 1. The number of amides is 1. The van der Waals surface area contributed by atoms with Gasteiger partial charge in [0.2, 0.25) is 5.82 Å². The third kappa shape index (κ3) is 4.97. The molecule has 0 saturated carbocycles. The first-order valence-electron chi connectivity index (χ1n) is 6.47. The van der Waals surface area contributed by atoms with E-state index in [9.17, 15) is 22.8 Å². The van der Waals surface area contributed by atoms with Crippen molar-refractivity contribution in [3.63, 3.8) is 0 Å². The highest BCUT2D eigenvalue weighted by molar-refractivity contribution is 5.95. The Morgan fingerprint density at radius 3 is 2.36 bits per heavy atom. The van der Waals surface area contributed by atoms with E-state index in [1.165, 1.54) is 6.92 Å². The lowest BCUT2D eigenvalue weighted by atomic mass is 10.0. The fourth-order valence-electron chi connectivity index (χ4n) is 1.74. The van der Waals surface area contributed by atoms with Gasteiger partial charge < -0.3 is 10.4 Å². The smallest absolute Gasteiger partial charge is 0.451 e. The van der Waals surface area contributed by atoms with E-state index < -0.39 is 35.6 Å². The molecule has 6 nitrogen and oxygen atoms in total. The van der Waals surface area contributed by atoms with Crippen molar-refractivity contribution in [3.05, 3.63) is 23.3 Å². The standard InChI is InChI=1S/C13H16F3N3O3/c1-6(2)4-9(11(21)22)18-10(20)8-5-7(3)17-12(19-8)13(14,15)16/h5-6,9H,4H2,1-3H3,(H,18,20)(H,21,22)/t9-/m1/s1. The van der Waals surface area contributed by atoms with Gasteiger partial charge in [-0.3, -0.25) is 4.79 Å². The Bertz CT molecular complexity index is 573. The fourth-order valence-corrected chi connectivity index (χ4v) is 1.74. The Morgan fingerprint density at radius 2 is 1.91 bits per heavy atom. The molecule has 0 unspecified atom stereocenters. The van der Waals surface area contributed by atoms with Gasteiger partial charge in [-0.15, -0.1) is 0 Å². The molecule has 0 fully saturated rings. The van der Waals surface area contributed by atoms with E-state index in [-0.39, 0.29) is 18.0 Å². The van der Waals surface area contributed by atoms with E-state index in [1.54, 1.807) is 13.8 Å². The van der Waals surface area contributed by atoms with E-state index in [1.807, 2.05) is 0 Å². The molecule has 1 rings (SSSR count). The number of hydrogen-bond donors (Lipinski definition) is 2. The number of halogens is 3. The predicted molar refractivity (Wildman–Crippen MR) is 70.1 cm³/mol. The summed E-state index contributed by atoms with van der Waals surface area (Å²) in [6.07, 6.45) is -4.64. The lowest BCUT2D eigenvalue weighted by Crippen LogP contribution is -2.42. The monoisotopic (exact) mass is 319 g/mol. The number of hydrogen-bond acceptors (Lipinski definition) is 4. The number of rotatable bonds is 5. The Labute approximate surface area is 124 Å². The van der Waals surface area contributed by atoms with Crippen LogP contribution in [0.5, 0.6) is 0 Å². The highest BCUT2D eigenvalue weighted by Gasteiger charge is 2.36. The van der Waals surface area contributed by atoms with Crippen molar-refractivity contribution in [2.75, 3.05) is 0 Å². The van der Waals surface area contributed by atoms with Gasteiger partial charge in [0.15, 0.2) is 0 Å². The third-order valence-electron chi connectivity index (χ3n) is 2.65. The zero-order chi connectivity index (χ0) is 17.1. The second kappa shape index (κ2) is 6.71. The number of carbonyl (C=O) groups is 2. The summed E-state index contributed by atoms with van der Waals surface area (Å²) in [6, 6.07) is -0.129. The zero-order valence-corrected chi connectivity index (χ0v) is 12.2. The lowest BCUT2D eigenvalue weighted by Gasteiger charge is -2.16. The van der Waals surface area contributed by atoms with Gasteiger partial charge >= 0.3 is 12.1 Å². The molecule has 0 bridgehead atoms. The van der Waals surface area contributed by atoms with Crippen molar-refractivity contribution in [3.8, 4) is 0 Å². The fraction of sp³-hybridized carbons (Fsp3) is 0.538. The molecule has 0 aromatic carbocycles. The molecule has 0 aliphatic rings. The van der Waals surface area contributed by atoms with E-state index in [2.05, 4.69) is 15.3 Å². The summed E-state index contributed by atoms with van der Waals surface area (Å²) >= 11 is 0. The van der Waals surface area contributed by atoms with Crippen LogP contribution in [0.1, 0.15) is 42.3 Å². The minimum atomic E-state index is -4.79. The molecule has 2 N–H and O–H groups in total. The highest BCUT2D eigenvalue weighted by Crippen LogP contribution is 2.26. The second-order valence-corrected chi connectivity index (χ2v) is 5.21. The van der Waals surface area contributed by atoms with Gasteiger partial charge in [-0.2, -0.15) is 13.2 Å². The van der Waals surface area contributed by atoms with Crippen molar-refractivity contribution in [2.45, 2.75) is 39.4 Å². The lowest BCUT2D eigenvalue weighted by molar-refractivity contribution is -0.145. The summed E-state index contributed by atoms with van der Waals surface area (Å²) in [5, 5.41) is 11.2. The topological polar surface area (TPSA) is 92.2 Å². The molecule has 1 aromatic heterocycles. The average Bonchev–Trinajstić information content (AvgIpc) is 2.35. The molecular weight excluding hydrogens is 303 g/mol. The van der Waals surface area contributed by atoms with Gasteiger partial charge in [0.05, 0.1) is 0 Å². The van der Waals surface area contributed by atoms with Gasteiger partial charge in [0.25, 0.3) is 5.91 Å². The van der Waals surface area contributed by atoms with Crippen LogP contribution < -0.4 is 5.32 Å². The van der Waals surface area contributed by atoms with Crippen LogP contribution in [0, 0.1) is 12.8 Å². The molecule has 0 spiro atoms. The van der Waals surface area contributed by atoms with Crippen LogP contribution in [0.4, 0.5) is 13.2 Å². The summed E-state index contributed by atoms with van der Waals surface area (Å²) in [5.41, 5.74) is -0.557. The van der Waals surface area contributed by atoms with Gasteiger partial charge in [-0.1, -0.05) is 13.8 Å². The number of nitrogens with zero attached hydrogens (tertiary/aromatic N) is 2. The molecular formula is C13H16F3N3O3. The van der Waals surface area contributed by atoms with E-state index in [0.29, 0.717) is 0 Å². The van der Waals surface area contributed by atoms with Crippen LogP contribution in [0.25, 0.3) is 0 Å². The van der Waals surface area contributed by atoms with Crippen molar-refractivity contribution >= 4 is 11.9 Å². The molecule has 9 heteroatoms. The maximum atomic E-state index is 12.6. The molecule has 1 aromatic rings. The maximum absolute atomic E-state index is 12.6. The number of carbonyl (C=O) groups excluding carboxylic acids is 1. The Balaban J connectivity index is 3.02. The van der Waals surface area contributed by atoms with Gasteiger partial charge in [-0.05, 0) is 25.3 Å². The Hall–Kier alpha value is -2.19. The highest BCUT2D eigenvalue weighted by atomic mass is 19.4. The van der Waals surface area contributed by atoms with Crippen LogP contribution in [-0.2, 0) is 11.0 Å². The summed E-state index contributed by atoms with van der Waals surface area (Å²) < 4.78 is 37.9. The number of nitrogens with one attached hydrogen (secondary N) is 1. The number of carboxylic acids is 1. The number of alkyl halides is 3. The molecule has 0 saturated heterocycles. The number of aryl methyl sites for hydroxylation is 1. The first-order valence-corrected chi connectivity index (χ1v) is 6.47. The largest absolute Gasteiger partial charge is 0.480 e. The van der Waals surface area contributed by atoms with Crippen molar-refractivity contribution in [1.82, 2.24) is 15.3 Å². The van der Waals surface area contributed by atoms with E-state index in [0.717, 1.165) is 6.07 Å². The van der Waals surface area contributed by atoms with Crippen molar-refractivity contribution in [1.29, 1.82) is 0 Å². The Morgan fingerprint density at radius 1 is 1.32 bits per heavy atom. The van der Waals surface area contributed by atoms with Crippen LogP contribution >= 0.6 is 0 Å². The first-order chi connectivity index (χ1) is 10.0. The molecule has 0 radical (unpaired) electrons. The molecule has 0 aliphatic heterocycles. The number of aromatic nitrogens is 2. The summed E-state index contributed by atoms with van der Waals surface area (Å²) in [4.78, 5) is 29.4. The van der Waals surface area contributed by atoms with Crippen LogP contribution in [0.2, 0.25) is 0 Å². The minimum Gasteiger partial charge on any atom is -0.480 e. The van der Waals surface area contributed by atoms with Gasteiger partial charge in [0, 0.05) is 5.69 Å². The molecule has 0 aliphatic carbocycles. The van der Waals surface area contributed by atoms with Crippen LogP contribution in [0.15, 0.2) is 6.07 Å². The summed E-state index contributed by atoms with van der Waals surface area (Å²) in [5.74, 6) is -3.69. The minimum absolute atomic E-state index is 0.0146. The first kappa shape index (κ1) is 17.9. The van der Waals surface area contributed by atoms with E-state index >= 15 is 0 Å².